The molecule has 0 N–H and O–H groups in total. The Labute approximate surface area is 137 Å². The number of halogens is 1. The molecule has 6 heteroatoms. The van der Waals surface area contributed by atoms with Crippen LogP contribution in [-0.4, -0.2) is 10.5 Å². The van der Waals surface area contributed by atoms with Crippen LogP contribution in [0.5, 0.6) is 0 Å². The molecule has 0 saturated carbocycles. The normalized spacial score (nSPS) is 12.2. The van der Waals surface area contributed by atoms with E-state index >= 15 is 0 Å². The molecule has 0 fully saturated rings. The summed E-state index contributed by atoms with van der Waals surface area (Å²) in [5, 5.41) is 0. The second-order valence-electron chi connectivity index (χ2n) is 5.42. The highest BCUT2D eigenvalue weighted by atomic mass is 19.1. The van der Waals surface area contributed by atoms with Crippen molar-refractivity contribution in [2.45, 2.75) is 26.0 Å². The molecule has 1 aromatic heterocycles. The van der Waals surface area contributed by atoms with E-state index in [0.717, 1.165) is 0 Å². The number of carbonyl (C=O) groups is 1. The number of aryl methyl sites for hydroxylation is 1. The third-order valence-corrected chi connectivity index (χ3v) is 3.74. The van der Waals surface area contributed by atoms with Crippen LogP contribution >= 0.6 is 0 Å². The predicted molar refractivity (Wildman–Crippen MR) is 86.0 cm³/mol. The number of para-hydroxylation sites is 2. The molecular formula is C18H16FNO4. The first-order valence-corrected chi connectivity index (χ1v) is 7.58. The minimum Gasteiger partial charge on any atom is -0.458 e. The van der Waals surface area contributed by atoms with E-state index in [1.54, 1.807) is 43.3 Å². The highest BCUT2D eigenvalue weighted by Crippen LogP contribution is 2.18. The number of aromatic nitrogens is 1. The average Bonchev–Trinajstić information content (AvgIpc) is 2.88. The Bertz CT molecular complexity index is 928. The van der Waals surface area contributed by atoms with Crippen LogP contribution in [0.15, 0.2) is 57.7 Å². The summed E-state index contributed by atoms with van der Waals surface area (Å²) in [4.78, 5) is 23.8. The van der Waals surface area contributed by atoms with E-state index in [4.69, 9.17) is 9.15 Å². The SMILES string of the molecule is CC(OC(=O)CCn1c(=O)oc2ccccc21)c1cccc(F)c1. The molecule has 0 saturated heterocycles. The Balaban J connectivity index is 1.65. The molecular weight excluding hydrogens is 313 g/mol. The topological polar surface area (TPSA) is 61.4 Å². The van der Waals surface area contributed by atoms with Gasteiger partial charge in [0, 0.05) is 6.54 Å². The van der Waals surface area contributed by atoms with Crippen molar-refractivity contribution >= 4 is 17.1 Å². The maximum Gasteiger partial charge on any atom is 0.419 e. The first kappa shape index (κ1) is 16.0. The molecule has 5 nitrogen and oxygen atoms in total. The van der Waals surface area contributed by atoms with E-state index in [1.165, 1.54) is 16.7 Å². The van der Waals surface area contributed by atoms with Gasteiger partial charge in [0.25, 0.3) is 0 Å². The molecule has 0 bridgehead atoms. The van der Waals surface area contributed by atoms with Gasteiger partial charge in [0.2, 0.25) is 0 Å². The first-order valence-electron chi connectivity index (χ1n) is 7.58. The Hall–Kier alpha value is -2.89. The van der Waals surface area contributed by atoms with E-state index in [-0.39, 0.29) is 18.8 Å². The Morgan fingerprint density at radius 2 is 2.04 bits per heavy atom. The third kappa shape index (κ3) is 3.37. The summed E-state index contributed by atoms with van der Waals surface area (Å²) >= 11 is 0. The maximum atomic E-state index is 13.2. The highest BCUT2D eigenvalue weighted by molar-refractivity contribution is 5.73. The fraction of sp³-hybridized carbons (Fsp3) is 0.222. The van der Waals surface area contributed by atoms with Crippen LogP contribution in [0.4, 0.5) is 4.39 Å². The lowest BCUT2D eigenvalue weighted by atomic mass is 10.1. The lowest BCUT2D eigenvalue weighted by Gasteiger charge is -2.13. The average molecular weight is 329 g/mol. The maximum absolute atomic E-state index is 13.2. The monoisotopic (exact) mass is 329 g/mol. The predicted octanol–water partition coefficient (Wildman–Crippen LogP) is 3.43. The van der Waals surface area contributed by atoms with Crippen molar-refractivity contribution < 1.29 is 18.3 Å². The van der Waals surface area contributed by atoms with E-state index in [9.17, 15) is 14.0 Å². The zero-order valence-electron chi connectivity index (χ0n) is 13.1. The van der Waals surface area contributed by atoms with Crippen LogP contribution in [0.3, 0.4) is 0 Å². The van der Waals surface area contributed by atoms with Gasteiger partial charge in [-0.25, -0.2) is 9.18 Å². The number of fused-ring (bicyclic) bond motifs is 1. The van der Waals surface area contributed by atoms with Crippen LogP contribution in [-0.2, 0) is 16.1 Å². The van der Waals surface area contributed by atoms with Crippen molar-refractivity contribution in [3.05, 3.63) is 70.5 Å². The number of ether oxygens (including phenoxy) is 1. The molecule has 0 aliphatic rings. The fourth-order valence-corrected chi connectivity index (χ4v) is 2.51. The van der Waals surface area contributed by atoms with Gasteiger partial charge in [0.15, 0.2) is 5.58 Å². The van der Waals surface area contributed by atoms with Gasteiger partial charge < -0.3 is 9.15 Å². The molecule has 3 rings (SSSR count). The molecule has 1 heterocycles. The number of hydrogen-bond donors (Lipinski definition) is 0. The van der Waals surface area contributed by atoms with Gasteiger partial charge in [0.05, 0.1) is 11.9 Å². The number of nitrogens with zero attached hydrogens (tertiary/aromatic N) is 1. The smallest absolute Gasteiger partial charge is 0.419 e. The van der Waals surface area contributed by atoms with Gasteiger partial charge in [-0.2, -0.15) is 0 Å². The van der Waals surface area contributed by atoms with Crippen LogP contribution in [0, 0.1) is 5.82 Å². The zero-order chi connectivity index (χ0) is 17.1. The number of hydrogen-bond acceptors (Lipinski definition) is 4. The molecule has 1 unspecified atom stereocenters. The molecule has 0 amide bonds. The Morgan fingerprint density at radius 3 is 2.83 bits per heavy atom. The molecule has 3 aromatic rings. The largest absolute Gasteiger partial charge is 0.458 e. The molecule has 124 valence electrons. The summed E-state index contributed by atoms with van der Waals surface area (Å²) in [7, 11) is 0. The quantitative estimate of drug-likeness (QED) is 0.673. The summed E-state index contributed by atoms with van der Waals surface area (Å²) in [5.41, 5.74) is 1.69. The summed E-state index contributed by atoms with van der Waals surface area (Å²) < 4.78 is 25.0. The number of benzene rings is 2. The number of esters is 1. The minimum absolute atomic E-state index is 0.0170. The van der Waals surface area contributed by atoms with Gasteiger partial charge >= 0.3 is 11.7 Å². The number of rotatable bonds is 5. The lowest BCUT2D eigenvalue weighted by Crippen LogP contribution is -2.18. The van der Waals surface area contributed by atoms with Crippen LogP contribution in [0.1, 0.15) is 25.0 Å². The van der Waals surface area contributed by atoms with Gasteiger partial charge in [-0.3, -0.25) is 9.36 Å². The van der Waals surface area contributed by atoms with E-state index in [0.29, 0.717) is 16.7 Å². The van der Waals surface area contributed by atoms with Crippen LogP contribution in [0.2, 0.25) is 0 Å². The highest BCUT2D eigenvalue weighted by Gasteiger charge is 2.14. The molecule has 0 radical (unpaired) electrons. The molecule has 24 heavy (non-hydrogen) atoms. The van der Waals surface area contributed by atoms with E-state index in [2.05, 4.69) is 0 Å². The second kappa shape index (κ2) is 6.70. The Morgan fingerprint density at radius 1 is 1.25 bits per heavy atom. The molecule has 0 spiro atoms. The third-order valence-electron chi connectivity index (χ3n) is 3.74. The second-order valence-corrected chi connectivity index (χ2v) is 5.42. The van der Waals surface area contributed by atoms with Crippen molar-refractivity contribution in [3.8, 4) is 0 Å². The van der Waals surface area contributed by atoms with E-state index in [1.807, 2.05) is 0 Å². The number of oxazole rings is 1. The Kier molecular flexibility index (Phi) is 4.46. The van der Waals surface area contributed by atoms with Gasteiger partial charge in [-0.15, -0.1) is 0 Å². The standard InChI is InChI=1S/C18H16FNO4/c1-12(13-5-4-6-14(19)11-13)23-17(21)9-10-20-15-7-2-3-8-16(15)24-18(20)22/h2-8,11-12H,9-10H2,1H3. The van der Waals surface area contributed by atoms with Crippen molar-refractivity contribution in [1.29, 1.82) is 0 Å². The fourth-order valence-electron chi connectivity index (χ4n) is 2.51. The molecule has 0 aliphatic heterocycles. The van der Waals surface area contributed by atoms with Gasteiger partial charge in [-0.1, -0.05) is 24.3 Å². The lowest BCUT2D eigenvalue weighted by molar-refractivity contribution is -0.148. The summed E-state index contributed by atoms with van der Waals surface area (Å²) in [5.74, 6) is -1.36. The summed E-state index contributed by atoms with van der Waals surface area (Å²) in [6.07, 6.45) is -0.547. The summed E-state index contributed by atoms with van der Waals surface area (Å²) in [6, 6.07) is 12.9. The van der Waals surface area contributed by atoms with Crippen LogP contribution in [0.25, 0.3) is 11.1 Å². The van der Waals surface area contributed by atoms with E-state index < -0.39 is 17.8 Å². The van der Waals surface area contributed by atoms with Crippen molar-refractivity contribution in [3.63, 3.8) is 0 Å². The van der Waals surface area contributed by atoms with Crippen LogP contribution < -0.4 is 5.76 Å². The van der Waals surface area contributed by atoms with Crippen molar-refractivity contribution in [1.82, 2.24) is 4.57 Å². The van der Waals surface area contributed by atoms with Crippen molar-refractivity contribution in [2.24, 2.45) is 0 Å². The minimum atomic E-state index is -0.564. The molecule has 2 aromatic carbocycles. The number of carbonyl (C=O) groups excluding carboxylic acids is 1. The molecule has 0 aliphatic carbocycles. The zero-order valence-corrected chi connectivity index (χ0v) is 13.1. The first-order chi connectivity index (χ1) is 11.5. The van der Waals surface area contributed by atoms with Gasteiger partial charge in [0.1, 0.15) is 11.9 Å². The van der Waals surface area contributed by atoms with Crippen molar-refractivity contribution in [2.75, 3.05) is 0 Å². The molecule has 1 atom stereocenters. The summed E-state index contributed by atoms with van der Waals surface area (Å²) in [6.45, 7) is 1.83. The van der Waals surface area contributed by atoms with Gasteiger partial charge in [-0.05, 0) is 36.8 Å².